The van der Waals surface area contributed by atoms with Crippen molar-refractivity contribution in [3.63, 3.8) is 0 Å². The van der Waals surface area contributed by atoms with E-state index < -0.39 is 5.92 Å². The third kappa shape index (κ3) is 2.52. The largest absolute Gasteiger partial charge is 0.488 e. The topological polar surface area (TPSA) is 54.5 Å². The summed E-state index contributed by atoms with van der Waals surface area (Å²) in [4.78, 5) is 17.8. The Bertz CT molecular complexity index is 526. The van der Waals surface area contributed by atoms with Crippen LogP contribution in [-0.4, -0.2) is 48.0 Å². The number of carbonyl (C=O) groups is 1. The number of ether oxygens (including phenoxy) is 1. The Kier molecular flexibility index (Phi) is 3.19. The van der Waals surface area contributed by atoms with Crippen molar-refractivity contribution in [1.29, 1.82) is 0 Å². The molecule has 1 N–H and O–H groups in total. The molecule has 0 saturated carbocycles. The van der Waals surface area contributed by atoms with Gasteiger partial charge in [-0.3, -0.25) is 4.79 Å². The lowest BCUT2D eigenvalue weighted by Crippen LogP contribution is -2.42. The summed E-state index contributed by atoms with van der Waals surface area (Å²) in [5.41, 5.74) is 0.373. The van der Waals surface area contributed by atoms with Crippen LogP contribution in [0.5, 0.6) is 5.75 Å². The zero-order valence-corrected chi connectivity index (χ0v) is 10.9. The quantitative estimate of drug-likeness (QED) is 0.853. The van der Waals surface area contributed by atoms with Gasteiger partial charge in [0.05, 0.1) is 12.1 Å². The number of carbonyl (C=O) groups excluding carboxylic acids is 1. The molecule has 108 valence electrons. The van der Waals surface area contributed by atoms with Gasteiger partial charge in [-0.15, -0.1) is 0 Å². The molecular weight excluding hydrogens is 268 g/mol. The molecule has 3 rings (SSSR count). The first-order valence-electron chi connectivity index (χ1n) is 6.59. The molecule has 2 aliphatic heterocycles. The Morgan fingerprint density at radius 3 is 2.90 bits per heavy atom. The minimum absolute atomic E-state index is 0.0715. The molecule has 0 aliphatic carbocycles. The van der Waals surface area contributed by atoms with Gasteiger partial charge in [-0.2, -0.15) is 0 Å². The molecule has 2 aliphatic rings. The Hall–Kier alpha value is -1.92. The molecule has 1 fully saturated rings. The van der Waals surface area contributed by atoms with Crippen molar-refractivity contribution < 1.29 is 18.3 Å². The van der Waals surface area contributed by atoms with Gasteiger partial charge in [0, 0.05) is 32.1 Å². The maximum absolute atomic E-state index is 13.1. The smallest absolute Gasteiger partial charge is 0.255 e. The van der Waals surface area contributed by atoms with Crippen LogP contribution in [0.15, 0.2) is 12.3 Å². The van der Waals surface area contributed by atoms with Crippen LogP contribution in [0.25, 0.3) is 0 Å². The minimum Gasteiger partial charge on any atom is -0.488 e. The number of nitrogens with one attached hydrogen (secondary N) is 1. The molecule has 20 heavy (non-hydrogen) atoms. The van der Waals surface area contributed by atoms with Gasteiger partial charge >= 0.3 is 0 Å². The molecule has 0 unspecified atom stereocenters. The summed E-state index contributed by atoms with van der Waals surface area (Å²) in [6, 6.07) is 1.61. The highest BCUT2D eigenvalue weighted by Gasteiger charge is 2.36. The summed E-state index contributed by atoms with van der Waals surface area (Å²) < 4.78 is 31.6. The van der Waals surface area contributed by atoms with Gasteiger partial charge < -0.3 is 15.0 Å². The SMILES string of the molecule is O=C(c1cnc2c(c1)OCCN2)N1CCC(F)(F)CC1. The van der Waals surface area contributed by atoms with Crippen molar-refractivity contribution in [2.45, 2.75) is 18.8 Å². The fourth-order valence-electron chi connectivity index (χ4n) is 2.35. The summed E-state index contributed by atoms with van der Waals surface area (Å²) in [6.45, 7) is 1.33. The highest BCUT2D eigenvalue weighted by Crippen LogP contribution is 2.30. The Morgan fingerprint density at radius 1 is 1.40 bits per heavy atom. The van der Waals surface area contributed by atoms with Crippen LogP contribution in [0.2, 0.25) is 0 Å². The van der Waals surface area contributed by atoms with Gasteiger partial charge in [0.15, 0.2) is 11.6 Å². The van der Waals surface area contributed by atoms with E-state index in [1.807, 2.05) is 0 Å². The van der Waals surface area contributed by atoms with Gasteiger partial charge in [-0.05, 0) is 6.07 Å². The van der Waals surface area contributed by atoms with Crippen molar-refractivity contribution in [2.24, 2.45) is 0 Å². The molecule has 5 nitrogen and oxygen atoms in total. The van der Waals surface area contributed by atoms with Crippen molar-refractivity contribution in [3.05, 3.63) is 17.8 Å². The molecule has 1 aromatic heterocycles. The maximum Gasteiger partial charge on any atom is 0.255 e. The zero-order chi connectivity index (χ0) is 14.2. The van der Waals surface area contributed by atoms with E-state index in [4.69, 9.17) is 4.74 Å². The van der Waals surface area contributed by atoms with Crippen molar-refractivity contribution in [3.8, 4) is 5.75 Å². The van der Waals surface area contributed by atoms with Gasteiger partial charge in [-0.1, -0.05) is 0 Å². The first-order chi connectivity index (χ1) is 9.55. The standard InChI is InChI=1S/C13H15F2N3O2/c14-13(15)1-4-18(5-2-13)12(19)9-7-10-11(17-8-9)16-3-6-20-10/h7-8H,1-6H2,(H,16,17). The van der Waals surface area contributed by atoms with E-state index in [0.29, 0.717) is 30.3 Å². The number of amides is 1. The van der Waals surface area contributed by atoms with Crippen LogP contribution < -0.4 is 10.1 Å². The van der Waals surface area contributed by atoms with Crippen LogP contribution in [-0.2, 0) is 0 Å². The molecule has 0 aromatic carbocycles. The van der Waals surface area contributed by atoms with Crippen molar-refractivity contribution >= 4 is 11.7 Å². The van der Waals surface area contributed by atoms with Crippen LogP contribution in [0.3, 0.4) is 0 Å². The van der Waals surface area contributed by atoms with Gasteiger partial charge in [-0.25, -0.2) is 13.8 Å². The number of fused-ring (bicyclic) bond motifs is 1. The number of piperidine rings is 1. The van der Waals surface area contributed by atoms with Gasteiger partial charge in [0.2, 0.25) is 0 Å². The van der Waals surface area contributed by atoms with Crippen LogP contribution >= 0.6 is 0 Å². The molecule has 1 aromatic rings. The minimum atomic E-state index is -2.65. The summed E-state index contributed by atoms with van der Waals surface area (Å²) in [5, 5.41) is 3.06. The third-order valence-electron chi connectivity index (χ3n) is 3.53. The molecular formula is C13H15F2N3O2. The Morgan fingerprint density at radius 2 is 2.15 bits per heavy atom. The number of nitrogens with zero attached hydrogens (tertiary/aromatic N) is 2. The number of aromatic nitrogens is 1. The average Bonchev–Trinajstić information content (AvgIpc) is 2.46. The monoisotopic (exact) mass is 283 g/mol. The molecule has 1 amide bonds. The molecule has 0 bridgehead atoms. The van der Waals surface area contributed by atoms with E-state index in [0.717, 1.165) is 0 Å². The van der Waals surface area contributed by atoms with E-state index in [1.165, 1.54) is 11.1 Å². The fraction of sp³-hybridized carbons (Fsp3) is 0.538. The predicted octanol–water partition coefficient (Wildman–Crippen LogP) is 1.76. The lowest BCUT2D eigenvalue weighted by molar-refractivity contribution is -0.0494. The van der Waals surface area contributed by atoms with Crippen LogP contribution in [0, 0.1) is 0 Å². The second-order valence-electron chi connectivity index (χ2n) is 4.99. The third-order valence-corrected chi connectivity index (χ3v) is 3.53. The van der Waals surface area contributed by atoms with Gasteiger partial charge in [0.25, 0.3) is 11.8 Å². The van der Waals surface area contributed by atoms with Crippen LogP contribution in [0.4, 0.5) is 14.6 Å². The second-order valence-corrected chi connectivity index (χ2v) is 4.99. The molecule has 7 heteroatoms. The number of pyridine rings is 1. The van der Waals surface area contributed by atoms with E-state index in [1.54, 1.807) is 6.07 Å². The molecule has 0 radical (unpaired) electrons. The van der Waals surface area contributed by atoms with E-state index >= 15 is 0 Å². The normalized spacial score (nSPS) is 20.6. The summed E-state index contributed by atoms with van der Waals surface area (Å²) in [6.07, 6.45) is 0.889. The van der Waals surface area contributed by atoms with Crippen molar-refractivity contribution in [2.75, 3.05) is 31.6 Å². The molecule has 0 atom stereocenters. The number of alkyl halides is 2. The summed E-state index contributed by atoms with van der Waals surface area (Å²) in [7, 11) is 0. The average molecular weight is 283 g/mol. The first kappa shape index (κ1) is 13.1. The Balaban J connectivity index is 1.74. The molecule has 0 spiro atoms. The maximum atomic E-state index is 13.1. The Labute approximate surface area is 114 Å². The number of rotatable bonds is 1. The molecule has 1 saturated heterocycles. The zero-order valence-electron chi connectivity index (χ0n) is 10.9. The predicted molar refractivity (Wildman–Crippen MR) is 68.3 cm³/mol. The van der Waals surface area contributed by atoms with E-state index in [-0.39, 0.29) is 31.8 Å². The van der Waals surface area contributed by atoms with E-state index in [9.17, 15) is 13.6 Å². The first-order valence-corrected chi connectivity index (χ1v) is 6.59. The van der Waals surface area contributed by atoms with Gasteiger partial charge in [0.1, 0.15) is 6.61 Å². The number of anilines is 1. The number of hydrogen-bond acceptors (Lipinski definition) is 4. The highest BCUT2D eigenvalue weighted by molar-refractivity contribution is 5.94. The lowest BCUT2D eigenvalue weighted by Gasteiger charge is -2.31. The van der Waals surface area contributed by atoms with E-state index in [2.05, 4.69) is 10.3 Å². The molecule has 3 heterocycles. The lowest BCUT2D eigenvalue weighted by atomic mass is 10.1. The second kappa shape index (κ2) is 4.88. The fourth-order valence-corrected chi connectivity index (χ4v) is 2.35. The number of hydrogen-bond donors (Lipinski definition) is 1. The number of likely N-dealkylation sites (tertiary alicyclic amines) is 1. The number of halogens is 2. The van der Waals surface area contributed by atoms with Crippen LogP contribution in [0.1, 0.15) is 23.2 Å². The highest BCUT2D eigenvalue weighted by atomic mass is 19.3. The summed E-state index contributed by atoms with van der Waals surface area (Å²) in [5.74, 6) is -1.79. The van der Waals surface area contributed by atoms with Crippen molar-refractivity contribution in [1.82, 2.24) is 9.88 Å². The summed E-state index contributed by atoms with van der Waals surface area (Å²) >= 11 is 0.